The van der Waals surface area contributed by atoms with E-state index in [-0.39, 0.29) is 12.5 Å². The van der Waals surface area contributed by atoms with Gasteiger partial charge in [-0.1, -0.05) is 18.2 Å². The van der Waals surface area contributed by atoms with E-state index < -0.39 is 5.97 Å². The topological polar surface area (TPSA) is 58.6 Å². The van der Waals surface area contributed by atoms with Crippen LogP contribution >= 0.6 is 0 Å². The summed E-state index contributed by atoms with van der Waals surface area (Å²) < 4.78 is 5.68. The van der Waals surface area contributed by atoms with Gasteiger partial charge >= 0.3 is 5.97 Å². The molecule has 0 saturated carbocycles. The molecule has 104 valence electrons. The number of rotatable bonds is 6. The van der Waals surface area contributed by atoms with E-state index in [1.807, 2.05) is 61.5 Å². The SMILES string of the molecule is C[C@@H](CC(=O)O)Nc1ccc(Oc2ccccc2)cc1. The van der Waals surface area contributed by atoms with Crippen molar-refractivity contribution in [2.45, 2.75) is 19.4 Å². The van der Waals surface area contributed by atoms with Crippen molar-refractivity contribution in [2.75, 3.05) is 5.32 Å². The van der Waals surface area contributed by atoms with Gasteiger partial charge in [0.2, 0.25) is 0 Å². The molecule has 0 spiro atoms. The van der Waals surface area contributed by atoms with Crippen molar-refractivity contribution in [3.8, 4) is 11.5 Å². The summed E-state index contributed by atoms with van der Waals surface area (Å²) in [6, 6.07) is 16.9. The van der Waals surface area contributed by atoms with Crippen LogP contribution in [0.5, 0.6) is 11.5 Å². The molecule has 2 aromatic carbocycles. The second kappa shape index (κ2) is 6.61. The minimum absolute atomic E-state index is 0.0856. The summed E-state index contributed by atoms with van der Waals surface area (Å²) in [4.78, 5) is 10.6. The summed E-state index contributed by atoms with van der Waals surface area (Å²) in [5.74, 6) is 0.717. The van der Waals surface area contributed by atoms with E-state index >= 15 is 0 Å². The Hall–Kier alpha value is -2.49. The molecule has 2 N–H and O–H groups in total. The Balaban J connectivity index is 1.94. The number of hydrogen-bond donors (Lipinski definition) is 2. The third kappa shape index (κ3) is 4.31. The molecular formula is C16H17NO3. The minimum atomic E-state index is -0.811. The molecule has 1 atom stereocenters. The number of benzene rings is 2. The Morgan fingerprint density at radius 2 is 1.70 bits per heavy atom. The van der Waals surface area contributed by atoms with E-state index in [0.29, 0.717) is 0 Å². The maximum Gasteiger partial charge on any atom is 0.305 e. The lowest BCUT2D eigenvalue weighted by atomic mass is 10.2. The average Bonchev–Trinajstić information content (AvgIpc) is 2.41. The molecule has 4 nitrogen and oxygen atoms in total. The average molecular weight is 271 g/mol. The zero-order chi connectivity index (χ0) is 14.4. The van der Waals surface area contributed by atoms with E-state index in [4.69, 9.17) is 9.84 Å². The Morgan fingerprint density at radius 1 is 1.10 bits per heavy atom. The molecule has 2 rings (SSSR count). The Morgan fingerprint density at radius 3 is 2.30 bits per heavy atom. The molecule has 0 unspecified atom stereocenters. The molecule has 20 heavy (non-hydrogen) atoms. The van der Waals surface area contributed by atoms with Gasteiger partial charge in [0.25, 0.3) is 0 Å². The third-order valence-electron chi connectivity index (χ3n) is 2.73. The molecule has 0 aliphatic rings. The van der Waals surface area contributed by atoms with E-state index in [0.717, 1.165) is 17.2 Å². The van der Waals surface area contributed by atoms with Gasteiger partial charge in [0.15, 0.2) is 0 Å². The number of hydrogen-bond acceptors (Lipinski definition) is 3. The lowest BCUT2D eigenvalue weighted by Crippen LogP contribution is -2.19. The number of aliphatic carboxylic acids is 1. The van der Waals surface area contributed by atoms with Crippen LogP contribution in [0, 0.1) is 0 Å². The van der Waals surface area contributed by atoms with Crippen molar-refractivity contribution in [3.05, 3.63) is 54.6 Å². The summed E-state index contributed by atoms with van der Waals surface area (Å²) in [5.41, 5.74) is 0.874. The first-order chi connectivity index (χ1) is 9.63. The largest absolute Gasteiger partial charge is 0.481 e. The van der Waals surface area contributed by atoms with Gasteiger partial charge in [0.1, 0.15) is 11.5 Å². The molecule has 0 heterocycles. The van der Waals surface area contributed by atoms with Crippen LogP contribution in [0.1, 0.15) is 13.3 Å². The molecule has 4 heteroatoms. The number of carboxylic acid groups (broad SMARTS) is 1. The van der Waals surface area contributed by atoms with Crippen molar-refractivity contribution in [2.24, 2.45) is 0 Å². The van der Waals surface area contributed by atoms with Crippen LogP contribution in [0.3, 0.4) is 0 Å². The van der Waals surface area contributed by atoms with E-state index in [9.17, 15) is 4.79 Å². The van der Waals surface area contributed by atoms with Crippen molar-refractivity contribution in [1.29, 1.82) is 0 Å². The molecule has 0 aromatic heterocycles. The van der Waals surface area contributed by atoms with Crippen molar-refractivity contribution in [3.63, 3.8) is 0 Å². The Kier molecular flexibility index (Phi) is 4.60. The second-order valence-electron chi connectivity index (χ2n) is 4.58. The van der Waals surface area contributed by atoms with Crippen LogP contribution in [0.4, 0.5) is 5.69 Å². The van der Waals surface area contributed by atoms with Crippen molar-refractivity contribution >= 4 is 11.7 Å². The first-order valence-corrected chi connectivity index (χ1v) is 6.45. The summed E-state index contributed by atoms with van der Waals surface area (Å²) >= 11 is 0. The van der Waals surface area contributed by atoms with Gasteiger partial charge in [-0.25, -0.2) is 0 Å². The van der Waals surface area contributed by atoms with Gasteiger partial charge in [-0.05, 0) is 43.3 Å². The lowest BCUT2D eigenvalue weighted by molar-refractivity contribution is -0.137. The van der Waals surface area contributed by atoms with Gasteiger partial charge < -0.3 is 15.2 Å². The third-order valence-corrected chi connectivity index (χ3v) is 2.73. The fraction of sp³-hybridized carbons (Fsp3) is 0.188. The van der Waals surface area contributed by atoms with E-state index in [1.165, 1.54) is 0 Å². The summed E-state index contributed by atoms with van der Waals surface area (Å²) in [6.07, 6.45) is 0.0856. The number of carbonyl (C=O) groups is 1. The molecule has 0 fully saturated rings. The predicted octanol–water partition coefficient (Wildman–Crippen LogP) is 3.75. The van der Waals surface area contributed by atoms with Crippen LogP contribution in [-0.4, -0.2) is 17.1 Å². The fourth-order valence-corrected chi connectivity index (χ4v) is 1.84. The summed E-state index contributed by atoms with van der Waals surface area (Å²) in [5, 5.41) is 11.8. The summed E-state index contributed by atoms with van der Waals surface area (Å²) in [6.45, 7) is 1.84. The van der Waals surface area contributed by atoms with Crippen molar-refractivity contribution < 1.29 is 14.6 Å². The zero-order valence-electron chi connectivity index (χ0n) is 11.2. The summed E-state index contributed by atoms with van der Waals surface area (Å²) in [7, 11) is 0. The quantitative estimate of drug-likeness (QED) is 0.840. The normalized spacial score (nSPS) is 11.7. The Bertz CT molecular complexity index is 552. The highest BCUT2D eigenvalue weighted by molar-refractivity contribution is 5.68. The first kappa shape index (κ1) is 13.9. The monoisotopic (exact) mass is 271 g/mol. The number of anilines is 1. The smallest absolute Gasteiger partial charge is 0.305 e. The predicted molar refractivity (Wildman–Crippen MR) is 78.3 cm³/mol. The van der Waals surface area contributed by atoms with E-state index in [1.54, 1.807) is 0 Å². The molecule has 2 aromatic rings. The molecule has 0 radical (unpaired) electrons. The molecule has 0 aliphatic heterocycles. The standard InChI is InChI=1S/C16H17NO3/c1-12(11-16(18)19)17-13-7-9-15(10-8-13)20-14-5-3-2-4-6-14/h2-10,12,17H,11H2,1H3,(H,18,19)/t12-/m0/s1. The highest BCUT2D eigenvalue weighted by atomic mass is 16.5. The number of para-hydroxylation sites is 1. The zero-order valence-corrected chi connectivity index (χ0v) is 11.2. The fourth-order valence-electron chi connectivity index (χ4n) is 1.84. The lowest BCUT2D eigenvalue weighted by Gasteiger charge is -2.13. The highest BCUT2D eigenvalue weighted by Gasteiger charge is 2.07. The van der Waals surface area contributed by atoms with Crippen LogP contribution in [-0.2, 0) is 4.79 Å². The van der Waals surface area contributed by atoms with Crippen LogP contribution in [0.15, 0.2) is 54.6 Å². The van der Waals surface area contributed by atoms with Gasteiger partial charge in [-0.3, -0.25) is 4.79 Å². The van der Waals surface area contributed by atoms with E-state index in [2.05, 4.69) is 5.32 Å². The van der Waals surface area contributed by atoms with Gasteiger partial charge in [-0.2, -0.15) is 0 Å². The number of nitrogens with one attached hydrogen (secondary N) is 1. The molecule has 0 saturated heterocycles. The molecular weight excluding hydrogens is 254 g/mol. The maximum absolute atomic E-state index is 10.6. The first-order valence-electron chi connectivity index (χ1n) is 6.45. The van der Waals surface area contributed by atoms with Crippen LogP contribution in [0.2, 0.25) is 0 Å². The molecule has 0 bridgehead atoms. The van der Waals surface area contributed by atoms with Crippen LogP contribution < -0.4 is 10.1 Å². The van der Waals surface area contributed by atoms with Crippen LogP contribution in [0.25, 0.3) is 0 Å². The highest BCUT2D eigenvalue weighted by Crippen LogP contribution is 2.22. The van der Waals surface area contributed by atoms with Gasteiger partial charge in [0, 0.05) is 11.7 Å². The molecule has 0 amide bonds. The van der Waals surface area contributed by atoms with Gasteiger partial charge in [0.05, 0.1) is 6.42 Å². The minimum Gasteiger partial charge on any atom is -0.481 e. The number of ether oxygens (including phenoxy) is 1. The van der Waals surface area contributed by atoms with Crippen molar-refractivity contribution in [1.82, 2.24) is 0 Å². The van der Waals surface area contributed by atoms with Gasteiger partial charge in [-0.15, -0.1) is 0 Å². The number of carboxylic acids is 1. The Labute approximate surface area is 118 Å². The maximum atomic E-state index is 10.6. The molecule has 0 aliphatic carbocycles. The second-order valence-corrected chi connectivity index (χ2v) is 4.58.